The zero-order valence-electron chi connectivity index (χ0n) is 15.7. The van der Waals surface area contributed by atoms with Gasteiger partial charge in [-0.05, 0) is 30.3 Å². The number of nitrogens with one attached hydrogen (secondary N) is 1. The molecule has 0 saturated carbocycles. The molecule has 0 fully saturated rings. The number of benzene rings is 2. The number of aromatic nitrogens is 1. The summed E-state index contributed by atoms with van der Waals surface area (Å²) in [4.78, 5) is 24.9. The van der Waals surface area contributed by atoms with Crippen molar-refractivity contribution in [1.29, 1.82) is 10.5 Å². The molecule has 3 N–H and O–H groups in total. The van der Waals surface area contributed by atoms with Gasteiger partial charge < -0.3 is 15.5 Å². The van der Waals surface area contributed by atoms with E-state index in [1.807, 2.05) is 0 Å². The Balaban J connectivity index is 2.25. The largest absolute Gasteiger partial charge is 0.457 e. The monoisotopic (exact) mass is 441 g/mol. The van der Waals surface area contributed by atoms with Crippen molar-refractivity contribution in [2.24, 2.45) is 0 Å². The van der Waals surface area contributed by atoms with E-state index in [4.69, 9.17) is 10.5 Å². The number of hydrogen-bond donors (Lipinski definition) is 2. The zero-order chi connectivity index (χ0) is 23.6. The molecule has 0 radical (unpaired) electrons. The molecular formula is C20H10F3N5O4. The molecule has 0 aliphatic carbocycles. The number of nitrogens with two attached hydrogens (primary N) is 1. The summed E-state index contributed by atoms with van der Waals surface area (Å²) in [6.45, 7) is 0. The van der Waals surface area contributed by atoms with Crippen molar-refractivity contribution in [3.8, 4) is 34.8 Å². The highest BCUT2D eigenvalue weighted by Gasteiger charge is 2.30. The minimum Gasteiger partial charge on any atom is -0.457 e. The lowest BCUT2D eigenvalue weighted by Gasteiger charge is -2.15. The molecule has 12 heteroatoms. The Hall–Kier alpha value is -4.84. The van der Waals surface area contributed by atoms with Crippen LogP contribution in [-0.4, -0.2) is 9.91 Å². The maximum Gasteiger partial charge on any atom is 0.416 e. The second-order valence-corrected chi connectivity index (χ2v) is 6.28. The number of halogens is 3. The van der Waals surface area contributed by atoms with E-state index in [2.05, 4.69) is 4.98 Å². The summed E-state index contributed by atoms with van der Waals surface area (Å²) < 4.78 is 43.9. The van der Waals surface area contributed by atoms with Crippen LogP contribution in [0.2, 0.25) is 0 Å². The topological polar surface area (TPSA) is 159 Å². The molecule has 3 aromatic rings. The highest BCUT2D eigenvalue weighted by Crippen LogP contribution is 2.40. The Morgan fingerprint density at radius 3 is 2.22 bits per heavy atom. The summed E-state index contributed by atoms with van der Waals surface area (Å²) in [6, 6.07) is 10.1. The smallest absolute Gasteiger partial charge is 0.416 e. The van der Waals surface area contributed by atoms with E-state index in [1.54, 1.807) is 12.1 Å². The van der Waals surface area contributed by atoms with Crippen LogP contribution in [0.15, 0.2) is 47.3 Å². The lowest BCUT2D eigenvalue weighted by Crippen LogP contribution is -2.16. The van der Waals surface area contributed by atoms with Gasteiger partial charge in [0.05, 0.1) is 10.5 Å². The number of pyridine rings is 1. The number of rotatable bonds is 4. The number of nitro benzene ring substituents is 1. The summed E-state index contributed by atoms with van der Waals surface area (Å²) in [5, 5.41) is 30.2. The van der Waals surface area contributed by atoms with Crippen LogP contribution in [0.3, 0.4) is 0 Å². The Morgan fingerprint density at radius 1 is 1.06 bits per heavy atom. The molecule has 0 amide bonds. The molecule has 0 aliphatic heterocycles. The second kappa shape index (κ2) is 8.12. The quantitative estimate of drug-likeness (QED) is 0.456. The van der Waals surface area contributed by atoms with Gasteiger partial charge in [0, 0.05) is 23.3 Å². The van der Waals surface area contributed by atoms with Crippen LogP contribution in [0.1, 0.15) is 16.7 Å². The SMILES string of the molecule is N#Cc1c(N)[nH]c(=O)c(C#N)c1-c1cc([N+](=O)[O-])ccc1Oc1ccc(C(F)(F)F)cc1. The van der Waals surface area contributed by atoms with Gasteiger partial charge in [-0.15, -0.1) is 0 Å². The molecule has 1 heterocycles. The fourth-order valence-corrected chi connectivity index (χ4v) is 2.87. The molecule has 2 aromatic carbocycles. The number of anilines is 1. The zero-order valence-corrected chi connectivity index (χ0v) is 15.7. The van der Waals surface area contributed by atoms with E-state index in [0.717, 1.165) is 42.5 Å². The van der Waals surface area contributed by atoms with Gasteiger partial charge in [0.1, 0.15) is 40.6 Å². The first-order valence-electron chi connectivity index (χ1n) is 8.56. The number of alkyl halides is 3. The van der Waals surface area contributed by atoms with Crippen LogP contribution in [0.4, 0.5) is 24.7 Å². The van der Waals surface area contributed by atoms with E-state index in [9.17, 15) is 38.6 Å². The summed E-state index contributed by atoms with van der Waals surface area (Å²) in [5.41, 5.74) is 1.99. The number of nitriles is 2. The van der Waals surface area contributed by atoms with E-state index < -0.39 is 33.5 Å². The Labute approximate surface area is 176 Å². The first kappa shape index (κ1) is 21.9. The van der Waals surface area contributed by atoms with Crippen LogP contribution in [0.25, 0.3) is 11.1 Å². The van der Waals surface area contributed by atoms with Crippen molar-refractivity contribution >= 4 is 11.5 Å². The van der Waals surface area contributed by atoms with Gasteiger partial charge in [-0.2, -0.15) is 23.7 Å². The summed E-state index contributed by atoms with van der Waals surface area (Å²) >= 11 is 0. The van der Waals surface area contributed by atoms with Crippen LogP contribution < -0.4 is 16.0 Å². The van der Waals surface area contributed by atoms with Crippen molar-refractivity contribution in [2.75, 3.05) is 5.73 Å². The van der Waals surface area contributed by atoms with E-state index in [-0.39, 0.29) is 34.0 Å². The molecule has 0 bridgehead atoms. The third-order valence-electron chi connectivity index (χ3n) is 4.32. The molecule has 160 valence electrons. The van der Waals surface area contributed by atoms with Gasteiger partial charge in [0.15, 0.2) is 0 Å². The van der Waals surface area contributed by atoms with Gasteiger partial charge in [0.2, 0.25) is 0 Å². The highest BCUT2D eigenvalue weighted by molar-refractivity contribution is 5.84. The maximum absolute atomic E-state index is 12.8. The maximum atomic E-state index is 12.8. The number of hydrogen-bond acceptors (Lipinski definition) is 7. The molecule has 0 saturated heterocycles. The molecule has 9 nitrogen and oxygen atoms in total. The molecule has 0 unspecified atom stereocenters. The molecule has 1 aromatic heterocycles. The molecule has 0 aliphatic rings. The van der Waals surface area contributed by atoms with Crippen LogP contribution in [0.5, 0.6) is 11.5 Å². The summed E-state index contributed by atoms with van der Waals surface area (Å²) in [5.74, 6) is -0.602. The Morgan fingerprint density at radius 2 is 1.69 bits per heavy atom. The minimum atomic E-state index is -4.57. The van der Waals surface area contributed by atoms with Gasteiger partial charge in [-0.1, -0.05) is 0 Å². The third kappa shape index (κ3) is 4.06. The van der Waals surface area contributed by atoms with Crippen molar-refractivity contribution in [3.05, 3.63) is 79.6 Å². The third-order valence-corrected chi connectivity index (χ3v) is 4.32. The standard InChI is InChI=1S/C20H10F3N5O4/c21-20(22,23)10-1-4-12(5-2-10)32-16-6-3-11(28(30)31)7-13(16)17-14(8-24)18(26)27-19(29)15(17)9-25/h1-7H,(H3,26,27,29). The number of aromatic amines is 1. The molecular weight excluding hydrogens is 431 g/mol. The molecule has 0 atom stereocenters. The first-order valence-corrected chi connectivity index (χ1v) is 8.56. The average molecular weight is 441 g/mol. The van der Waals surface area contributed by atoms with Gasteiger partial charge >= 0.3 is 6.18 Å². The molecule has 0 spiro atoms. The van der Waals surface area contributed by atoms with Gasteiger partial charge in [-0.3, -0.25) is 14.9 Å². The van der Waals surface area contributed by atoms with Crippen molar-refractivity contribution < 1.29 is 22.8 Å². The first-order chi connectivity index (χ1) is 15.1. The minimum absolute atomic E-state index is 0.0667. The normalized spacial score (nSPS) is 10.8. The second-order valence-electron chi connectivity index (χ2n) is 6.28. The number of non-ortho nitro benzene ring substituents is 1. The Bertz CT molecular complexity index is 1370. The van der Waals surface area contributed by atoms with Crippen LogP contribution in [0, 0.1) is 32.8 Å². The predicted molar refractivity (Wildman–Crippen MR) is 105 cm³/mol. The van der Waals surface area contributed by atoms with E-state index in [1.165, 1.54) is 0 Å². The number of nitrogens with zero attached hydrogens (tertiary/aromatic N) is 3. The number of nitro groups is 1. The van der Waals surface area contributed by atoms with Gasteiger partial charge in [0.25, 0.3) is 11.2 Å². The van der Waals surface area contributed by atoms with E-state index >= 15 is 0 Å². The molecule has 32 heavy (non-hydrogen) atoms. The summed E-state index contributed by atoms with van der Waals surface area (Å²) in [7, 11) is 0. The van der Waals surface area contributed by atoms with Gasteiger partial charge in [-0.25, -0.2) is 0 Å². The lowest BCUT2D eigenvalue weighted by molar-refractivity contribution is -0.384. The van der Waals surface area contributed by atoms with Crippen molar-refractivity contribution in [3.63, 3.8) is 0 Å². The number of ether oxygens (including phenoxy) is 1. The lowest BCUT2D eigenvalue weighted by atomic mass is 9.95. The van der Waals surface area contributed by atoms with Crippen molar-refractivity contribution in [2.45, 2.75) is 6.18 Å². The van der Waals surface area contributed by atoms with Crippen molar-refractivity contribution in [1.82, 2.24) is 4.98 Å². The predicted octanol–water partition coefficient (Wildman–Crippen LogP) is 4.09. The average Bonchev–Trinajstić information content (AvgIpc) is 2.73. The Kier molecular flexibility index (Phi) is 5.55. The van der Waals surface area contributed by atoms with E-state index in [0.29, 0.717) is 0 Å². The molecule has 3 rings (SSSR count). The van der Waals surface area contributed by atoms with Crippen LogP contribution >= 0.6 is 0 Å². The summed E-state index contributed by atoms with van der Waals surface area (Å²) in [6.07, 6.45) is -4.57. The highest BCUT2D eigenvalue weighted by atomic mass is 19.4. The fraction of sp³-hybridized carbons (Fsp3) is 0.0500. The fourth-order valence-electron chi connectivity index (χ4n) is 2.87. The number of H-pyrrole nitrogens is 1. The van der Waals surface area contributed by atoms with Crippen LogP contribution in [-0.2, 0) is 6.18 Å². The number of nitrogen functional groups attached to an aromatic ring is 1.